The molecule has 0 spiro atoms. The third-order valence-corrected chi connectivity index (χ3v) is 3.90. The van der Waals surface area contributed by atoms with Crippen molar-refractivity contribution in [2.75, 3.05) is 0 Å². The summed E-state index contributed by atoms with van der Waals surface area (Å²) in [5.74, 6) is 0.313. The molecule has 2 atom stereocenters. The average Bonchev–Trinajstić information content (AvgIpc) is 2.68. The van der Waals surface area contributed by atoms with Gasteiger partial charge in [0.05, 0.1) is 0 Å². The monoisotopic (exact) mass is 223 g/mol. The van der Waals surface area contributed by atoms with Gasteiger partial charge in [0.2, 0.25) is 0 Å². The molecule has 1 saturated carbocycles. The van der Waals surface area contributed by atoms with Crippen molar-refractivity contribution in [2.45, 2.75) is 38.1 Å². The minimum atomic E-state index is 0.0575. The highest BCUT2D eigenvalue weighted by molar-refractivity contribution is 7.08. The lowest BCUT2D eigenvalue weighted by molar-refractivity contribution is 0.0895. The zero-order chi connectivity index (χ0) is 10.7. The molecule has 82 valence electrons. The molecule has 15 heavy (non-hydrogen) atoms. The third kappa shape index (κ3) is 2.47. The van der Waals surface area contributed by atoms with Crippen molar-refractivity contribution in [1.29, 1.82) is 0 Å². The second-order valence-electron chi connectivity index (χ2n) is 4.28. The van der Waals surface area contributed by atoms with Gasteiger partial charge in [-0.1, -0.05) is 19.3 Å². The molecule has 1 aromatic heterocycles. The molecule has 0 aliphatic heterocycles. The highest BCUT2D eigenvalue weighted by Crippen LogP contribution is 2.26. The summed E-state index contributed by atoms with van der Waals surface area (Å²) in [4.78, 5) is 12.2. The summed E-state index contributed by atoms with van der Waals surface area (Å²) in [5, 5.41) is 3.88. The molecule has 2 unspecified atom stereocenters. The van der Waals surface area contributed by atoms with Crippen LogP contribution in [-0.2, 0) is 0 Å². The van der Waals surface area contributed by atoms with Crippen LogP contribution in [0, 0.1) is 5.92 Å². The Labute approximate surface area is 94.5 Å². The van der Waals surface area contributed by atoms with Gasteiger partial charge >= 0.3 is 0 Å². The SMILES string of the molecule is NC1CCCCCC1C(=O)c1ccsc1. The number of carbonyl (C=O) groups is 1. The molecule has 2 rings (SSSR count). The second kappa shape index (κ2) is 4.90. The van der Waals surface area contributed by atoms with Gasteiger partial charge in [0, 0.05) is 22.9 Å². The first-order valence-electron chi connectivity index (χ1n) is 5.61. The fourth-order valence-corrected chi connectivity index (χ4v) is 2.93. The van der Waals surface area contributed by atoms with Gasteiger partial charge in [-0.25, -0.2) is 0 Å². The standard InChI is InChI=1S/C12H17NOS/c13-11-5-3-1-2-4-10(11)12(14)9-6-7-15-8-9/h6-8,10-11H,1-5,13H2. The maximum atomic E-state index is 12.2. The summed E-state index contributed by atoms with van der Waals surface area (Å²) in [6, 6.07) is 1.98. The Kier molecular flexibility index (Phi) is 3.54. The molecule has 0 aromatic carbocycles. The molecular weight excluding hydrogens is 206 g/mol. The predicted molar refractivity (Wildman–Crippen MR) is 63.2 cm³/mol. The van der Waals surface area contributed by atoms with Crippen LogP contribution >= 0.6 is 11.3 Å². The quantitative estimate of drug-likeness (QED) is 0.619. The van der Waals surface area contributed by atoms with E-state index in [1.165, 1.54) is 12.8 Å². The molecule has 0 radical (unpaired) electrons. The molecule has 3 heteroatoms. The van der Waals surface area contributed by atoms with Crippen LogP contribution in [0.15, 0.2) is 16.8 Å². The van der Waals surface area contributed by atoms with Crippen LogP contribution in [0.3, 0.4) is 0 Å². The number of nitrogens with two attached hydrogens (primary N) is 1. The van der Waals surface area contributed by atoms with E-state index in [-0.39, 0.29) is 17.7 Å². The predicted octanol–water partition coefficient (Wildman–Crippen LogP) is 2.84. The summed E-state index contributed by atoms with van der Waals surface area (Å²) in [6.45, 7) is 0. The topological polar surface area (TPSA) is 43.1 Å². The van der Waals surface area contributed by atoms with Crippen LogP contribution < -0.4 is 5.73 Å². The number of thiophene rings is 1. The molecule has 1 heterocycles. The summed E-state index contributed by atoms with van der Waals surface area (Å²) in [7, 11) is 0. The van der Waals surface area contributed by atoms with Gasteiger partial charge in [-0.2, -0.15) is 11.3 Å². The van der Waals surface area contributed by atoms with E-state index in [0.29, 0.717) is 0 Å². The van der Waals surface area contributed by atoms with Gasteiger partial charge in [0.25, 0.3) is 0 Å². The van der Waals surface area contributed by atoms with E-state index in [1.54, 1.807) is 11.3 Å². The van der Waals surface area contributed by atoms with E-state index in [0.717, 1.165) is 24.8 Å². The molecular formula is C12H17NOS. The Morgan fingerprint density at radius 2 is 2.13 bits per heavy atom. The van der Waals surface area contributed by atoms with Crippen molar-refractivity contribution in [1.82, 2.24) is 0 Å². The number of hydrogen-bond acceptors (Lipinski definition) is 3. The second-order valence-corrected chi connectivity index (χ2v) is 5.06. The maximum absolute atomic E-state index is 12.2. The Bertz CT molecular complexity index is 320. The highest BCUT2D eigenvalue weighted by Gasteiger charge is 2.27. The van der Waals surface area contributed by atoms with Gasteiger partial charge in [-0.05, 0) is 24.3 Å². The third-order valence-electron chi connectivity index (χ3n) is 3.21. The van der Waals surface area contributed by atoms with Crippen molar-refractivity contribution in [2.24, 2.45) is 11.7 Å². The maximum Gasteiger partial charge on any atom is 0.168 e. The smallest absolute Gasteiger partial charge is 0.168 e. The van der Waals surface area contributed by atoms with Gasteiger partial charge in [-0.3, -0.25) is 4.79 Å². The van der Waals surface area contributed by atoms with Crippen LogP contribution in [0.4, 0.5) is 0 Å². The molecule has 0 amide bonds. The van der Waals surface area contributed by atoms with E-state index < -0.39 is 0 Å². The molecule has 1 fully saturated rings. The van der Waals surface area contributed by atoms with E-state index >= 15 is 0 Å². The number of rotatable bonds is 2. The van der Waals surface area contributed by atoms with E-state index in [4.69, 9.17) is 5.73 Å². The molecule has 2 N–H and O–H groups in total. The lowest BCUT2D eigenvalue weighted by atomic mass is 9.88. The first-order valence-corrected chi connectivity index (χ1v) is 6.55. The molecule has 2 nitrogen and oxygen atoms in total. The number of Topliss-reactive ketones (excluding diaryl/α,β-unsaturated/α-hetero) is 1. The Hall–Kier alpha value is -0.670. The zero-order valence-corrected chi connectivity index (χ0v) is 9.63. The Morgan fingerprint density at radius 3 is 2.87 bits per heavy atom. The summed E-state index contributed by atoms with van der Waals surface area (Å²) < 4.78 is 0. The zero-order valence-electron chi connectivity index (χ0n) is 8.82. The van der Waals surface area contributed by atoms with Crippen LogP contribution in [0.5, 0.6) is 0 Å². The van der Waals surface area contributed by atoms with E-state index in [1.807, 2.05) is 16.8 Å². The molecule has 1 aliphatic carbocycles. The number of hydrogen-bond donors (Lipinski definition) is 1. The molecule has 1 aliphatic rings. The number of carbonyl (C=O) groups excluding carboxylic acids is 1. The van der Waals surface area contributed by atoms with Gasteiger partial charge in [0.1, 0.15) is 0 Å². The average molecular weight is 223 g/mol. The van der Waals surface area contributed by atoms with Crippen molar-refractivity contribution in [3.8, 4) is 0 Å². The molecule has 0 saturated heterocycles. The fraction of sp³-hybridized carbons (Fsp3) is 0.583. The van der Waals surface area contributed by atoms with Crippen molar-refractivity contribution >= 4 is 17.1 Å². The highest BCUT2D eigenvalue weighted by atomic mass is 32.1. The van der Waals surface area contributed by atoms with E-state index in [9.17, 15) is 4.79 Å². The summed E-state index contributed by atoms with van der Waals surface area (Å²) >= 11 is 1.58. The van der Waals surface area contributed by atoms with Crippen LogP contribution in [-0.4, -0.2) is 11.8 Å². The van der Waals surface area contributed by atoms with Crippen molar-refractivity contribution in [3.05, 3.63) is 22.4 Å². The molecule has 0 bridgehead atoms. The van der Waals surface area contributed by atoms with Crippen LogP contribution in [0.1, 0.15) is 42.5 Å². The lowest BCUT2D eigenvalue weighted by Gasteiger charge is -2.19. The lowest BCUT2D eigenvalue weighted by Crippen LogP contribution is -2.34. The van der Waals surface area contributed by atoms with Crippen molar-refractivity contribution < 1.29 is 4.79 Å². The van der Waals surface area contributed by atoms with Gasteiger partial charge < -0.3 is 5.73 Å². The normalized spacial score (nSPS) is 27.3. The fourth-order valence-electron chi connectivity index (χ4n) is 2.28. The van der Waals surface area contributed by atoms with Crippen LogP contribution in [0.2, 0.25) is 0 Å². The van der Waals surface area contributed by atoms with Crippen LogP contribution in [0.25, 0.3) is 0 Å². The Morgan fingerprint density at radius 1 is 1.33 bits per heavy atom. The Balaban J connectivity index is 2.11. The number of ketones is 1. The summed E-state index contributed by atoms with van der Waals surface area (Å²) in [5.41, 5.74) is 6.92. The minimum Gasteiger partial charge on any atom is -0.327 e. The summed E-state index contributed by atoms with van der Waals surface area (Å²) in [6.07, 6.45) is 5.51. The van der Waals surface area contributed by atoms with E-state index in [2.05, 4.69) is 0 Å². The minimum absolute atomic E-state index is 0.0575. The molecule has 1 aromatic rings. The first kappa shape index (κ1) is 10.8. The van der Waals surface area contributed by atoms with Gasteiger partial charge in [-0.15, -0.1) is 0 Å². The first-order chi connectivity index (χ1) is 7.29. The van der Waals surface area contributed by atoms with Gasteiger partial charge in [0.15, 0.2) is 5.78 Å². The van der Waals surface area contributed by atoms with Crippen molar-refractivity contribution in [3.63, 3.8) is 0 Å². The largest absolute Gasteiger partial charge is 0.327 e.